The maximum Gasteiger partial charge on any atom is 0.271 e. The van der Waals surface area contributed by atoms with Gasteiger partial charge in [0.05, 0.1) is 12.4 Å². The van der Waals surface area contributed by atoms with Crippen LogP contribution in [0.4, 0.5) is 5.69 Å². The molecule has 0 unspecified atom stereocenters. The third-order valence-corrected chi connectivity index (χ3v) is 5.33. The molecule has 0 aliphatic heterocycles. The fourth-order valence-electron chi connectivity index (χ4n) is 3.85. The summed E-state index contributed by atoms with van der Waals surface area (Å²) < 4.78 is 0. The van der Waals surface area contributed by atoms with Gasteiger partial charge in [0.1, 0.15) is 0 Å². The molecule has 3 N–H and O–H groups in total. The smallest absolute Gasteiger partial charge is 0.271 e. The monoisotopic (exact) mass is 483 g/mol. The third kappa shape index (κ3) is 8.83. The first-order valence-corrected chi connectivity index (χ1v) is 11.9. The number of hydrazone groups is 2. The fourth-order valence-corrected chi connectivity index (χ4v) is 3.85. The normalized spacial score (nSPS) is 11.1. The van der Waals surface area contributed by atoms with Crippen molar-refractivity contribution in [3.63, 3.8) is 0 Å². The van der Waals surface area contributed by atoms with E-state index < -0.39 is 0 Å². The van der Waals surface area contributed by atoms with Crippen LogP contribution in [0.2, 0.25) is 0 Å². The van der Waals surface area contributed by atoms with Gasteiger partial charge in [0.25, 0.3) is 5.91 Å². The number of hydrogen-bond donors (Lipinski definition) is 3. The van der Waals surface area contributed by atoms with Crippen molar-refractivity contribution in [2.75, 3.05) is 11.9 Å². The highest BCUT2D eigenvalue weighted by atomic mass is 16.2. The number of rotatable bonds is 10. The average molecular weight is 484 g/mol. The molecule has 0 aliphatic rings. The van der Waals surface area contributed by atoms with Crippen LogP contribution in [0.5, 0.6) is 0 Å². The van der Waals surface area contributed by atoms with Crippen molar-refractivity contribution in [2.24, 2.45) is 10.2 Å². The van der Waals surface area contributed by atoms with Crippen LogP contribution in [0.1, 0.15) is 56.6 Å². The van der Waals surface area contributed by atoms with Gasteiger partial charge in [-0.1, -0.05) is 58.7 Å². The van der Waals surface area contributed by atoms with E-state index in [0.29, 0.717) is 24.9 Å². The van der Waals surface area contributed by atoms with E-state index in [9.17, 15) is 9.59 Å². The number of anilines is 1. The molecule has 0 heterocycles. The van der Waals surface area contributed by atoms with Gasteiger partial charge in [0.15, 0.2) is 0 Å². The molecular weight excluding hydrogens is 450 g/mol. The van der Waals surface area contributed by atoms with Crippen LogP contribution in [-0.4, -0.2) is 30.8 Å². The van der Waals surface area contributed by atoms with Crippen molar-refractivity contribution in [1.29, 1.82) is 0 Å². The van der Waals surface area contributed by atoms with E-state index in [1.54, 1.807) is 24.6 Å². The molecule has 3 aromatic carbocycles. The van der Waals surface area contributed by atoms with Crippen molar-refractivity contribution >= 4 is 29.9 Å². The summed E-state index contributed by atoms with van der Waals surface area (Å²) in [5.41, 5.74) is 13.0. The maximum absolute atomic E-state index is 12.3. The molecule has 2 amide bonds. The number of amides is 2. The number of aryl methyl sites for hydroxylation is 4. The highest BCUT2D eigenvalue weighted by Crippen LogP contribution is 2.11. The van der Waals surface area contributed by atoms with E-state index in [1.807, 2.05) is 64.1 Å². The molecule has 3 rings (SSSR count). The second kappa shape index (κ2) is 13.0. The lowest BCUT2D eigenvalue weighted by Crippen LogP contribution is -2.18. The molecule has 0 bridgehead atoms. The van der Waals surface area contributed by atoms with Crippen LogP contribution in [0, 0.1) is 27.7 Å². The van der Waals surface area contributed by atoms with Gasteiger partial charge >= 0.3 is 0 Å². The lowest BCUT2D eigenvalue weighted by molar-refractivity contribution is -0.121. The van der Waals surface area contributed by atoms with Gasteiger partial charge in [-0.05, 0) is 69.5 Å². The fraction of sp³-hybridized carbons (Fsp3) is 0.241. The number of nitrogens with one attached hydrogen (secondary N) is 3. The molecule has 0 saturated heterocycles. The molecule has 0 aliphatic carbocycles. The van der Waals surface area contributed by atoms with E-state index in [2.05, 4.69) is 38.5 Å². The maximum atomic E-state index is 12.3. The van der Waals surface area contributed by atoms with Gasteiger partial charge in [0, 0.05) is 24.2 Å². The summed E-state index contributed by atoms with van der Waals surface area (Å²) in [6.45, 7) is 8.73. The van der Waals surface area contributed by atoms with E-state index in [4.69, 9.17) is 0 Å². The Kier molecular flexibility index (Phi) is 9.51. The van der Waals surface area contributed by atoms with E-state index in [-0.39, 0.29) is 11.8 Å². The highest BCUT2D eigenvalue weighted by molar-refractivity contribution is 5.95. The molecular formula is C29H33N5O2. The first-order chi connectivity index (χ1) is 17.3. The molecule has 36 heavy (non-hydrogen) atoms. The van der Waals surface area contributed by atoms with Crippen LogP contribution < -0.4 is 16.2 Å². The lowest BCUT2D eigenvalue weighted by atomic mass is 10.1. The summed E-state index contributed by atoms with van der Waals surface area (Å²) in [5.74, 6) is -0.411. The van der Waals surface area contributed by atoms with Crippen molar-refractivity contribution in [3.05, 3.63) is 99.6 Å². The predicted octanol–water partition coefficient (Wildman–Crippen LogP) is 5.03. The Morgan fingerprint density at radius 3 is 1.75 bits per heavy atom. The van der Waals surface area contributed by atoms with Crippen LogP contribution in [-0.2, 0) is 4.79 Å². The van der Waals surface area contributed by atoms with Crippen LogP contribution in [0.15, 0.2) is 70.9 Å². The minimum atomic E-state index is -0.278. The molecule has 0 aromatic heterocycles. The van der Waals surface area contributed by atoms with Crippen molar-refractivity contribution in [3.8, 4) is 0 Å². The zero-order valence-corrected chi connectivity index (χ0v) is 21.3. The Hall–Kier alpha value is -4.26. The topological polar surface area (TPSA) is 95.0 Å². The molecule has 0 atom stereocenters. The van der Waals surface area contributed by atoms with Crippen LogP contribution in [0.3, 0.4) is 0 Å². The van der Waals surface area contributed by atoms with Crippen LogP contribution in [0.25, 0.3) is 0 Å². The third-order valence-electron chi connectivity index (χ3n) is 5.33. The summed E-state index contributed by atoms with van der Waals surface area (Å²) in [5, 5.41) is 11.4. The first kappa shape index (κ1) is 26.3. The number of hydrogen-bond acceptors (Lipinski definition) is 5. The minimum absolute atomic E-state index is 0.133. The van der Waals surface area contributed by atoms with Gasteiger partial charge in [-0.15, -0.1) is 0 Å². The Balaban J connectivity index is 1.36. The standard InChI is InChI=1S/C29H33N5O2/c1-20-12-21(2)15-24(14-20)18-31-33-28(35)6-5-11-30-27-9-7-26(8-10-27)29(36)34-32-19-25-16-22(3)13-23(4)17-25/h7-10,12-19,30H,5-6,11H2,1-4H3,(H,33,35)(H,34,36). The molecule has 0 saturated carbocycles. The van der Waals surface area contributed by atoms with Gasteiger partial charge in [-0.3, -0.25) is 9.59 Å². The summed E-state index contributed by atoms with van der Waals surface area (Å²) in [4.78, 5) is 24.3. The Bertz CT molecular complexity index is 1220. The number of benzene rings is 3. The van der Waals surface area contributed by atoms with E-state index in [1.165, 1.54) is 0 Å². The number of carbonyl (C=O) groups excluding carboxylic acids is 2. The van der Waals surface area contributed by atoms with Crippen molar-refractivity contribution in [1.82, 2.24) is 10.9 Å². The quantitative estimate of drug-likeness (QED) is 0.214. The van der Waals surface area contributed by atoms with Gasteiger partial charge in [-0.25, -0.2) is 10.9 Å². The zero-order chi connectivity index (χ0) is 25.9. The van der Waals surface area contributed by atoms with E-state index in [0.717, 1.165) is 39.1 Å². The number of nitrogens with zero attached hydrogens (tertiary/aromatic N) is 2. The largest absolute Gasteiger partial charge is 0.385 e. The predicted molar refractivity (Wildman–Crippen MR) is 147 cm³/mol. The molecule has 7 nitrogen and oxygen atoms in total. The van der Waals surface area contributed by atoms with Gasteiger partial charge in [0.2, 0.25) is 5.91 Å². The zero-order valence-electron chi connectivity index (χ0n) is 21.3. The second-order valence-corrected chi connectivity index (χ2v) is 8.94. The summed E-state index contributed by atoms with van der Waals surface area (Å²) in [6.07, 6.45) is 4.30. The van der Waals surface area contributed by atoms with E-state index >= 15 is 0 Å². The van der Waals surface area contributed by atoms with Gasteiger partial charge in [-0.2, -0.15) is 10.2 Å². The minimum Gasteiger partial charge on any atom is -0.385 e. The van der Waals surface area contributed by atoms with Gasteiger partial charge < -0.3 is 5.32 Å². The first-order valence-electron chi connectivity index (χ1n) is 11.9. The average Bonchev–Trinajstić information content (AvgIpc) is 2.81. The molecule has 3 aromatic rings. The van der Waals surface area contributed by atoms with Crippen molar-refractivity contribution < 1.29 is 9.59 Å². The molecule has 0 fully saturated rings. The molecule has 186 valence electrons. The second-order valence-electron chi connectivity index (χ2n) is 8.94. The lowest BCUT2D eigenvalue weighted by Gasteiger charge is -2.07. The highest BCUT2D eigenvalue weighted by Gasteiger charge is 2.05. The Morgan fingerprint density at radius 1 is 0.722 bits per heavy atom. The number of carbonyl (C=O) groups is 2. The van der Waals surface area contributed by atoms with Crippen LogP contribution >= 0.6 is 0 Å². The summed E-state index contributed by atoms with van der Waals surface area (Å²) in [7, 11) is 0. The van der Waals surface area contributed by atoms with Crippen molar-refractivity contribution in [2.45, 2.75) is 40.5 Å². The molecule has 0 spiro atoms. The molecule has 0 radical (unpaired) electrons. The summed E-state index contributed by atoms with van der Waals surface area (Å²) >= 11 is 0. The molecule has 7 heteroatoms. The summed E-state index contributed by atoms with van der Waals surface area (Å²) in [6, 6.07) is 19.3. The Morgan fingerprint density at radius 2 is 1.22 bits per heavy atom. The SMILES string of the molecule is Cc1cc(C)cc(C=NNC(=O)CCCNc2ccc(C(=O)NN=Cc3cc(C)cc(C)c3)cc2)c1. The Labute approximate surface area is 212 Å².